The smallest absolute Gasteiger partial charge is 0.305 e. The molecule has 8 heteroatoms. The highest BCUT2D eigenvalue weighted by atomic mass is 16.6. The molecule has 0 bridgehead atoms. The summed E-state index contributed by atoms with van der Waals surface area (Å²) in [5.74, 6) is -0.323. The fourth-order valence-corrected chi connectivity index (χ4v) is 3.60. The van der Waals surface area contributed by atoms with E-state index in [-0.39, 0.29) is 45.6 Å². The van der Waals surface area contributed by atoms with Crippen molar-refractivity contribution in [1.29, 1.82) is 0 Å². The van der Waals surface area contributed by atoms with E-state index in [1.54, 1.807) is 0 Å². The largest absolute Gasteiger partial charge is 0.463 e. The van der Waals surface area contributed by atoms with E-state index in [1.807, 2.05) is 0 Å². The van der Waals surface area contributed by atoms with Crippen molar-refractivity contribution in [3.05, 3.63) is 0 Å². The summed E-state index contributed by atoms with van der Waals surface area (Å²) in [4.78, 5) is 11.9. The van der Waals surface area contributed by atoms with E-state index in [0.29, 0.717) is 6.42 Å². The highest BCUT2D eigenvalue weighted by molar-refractivity contribution is 5.69. The number of unbranched alkanes of at least 4 members (excludes halogenated alkanes) is 8. The molecule has 1 rings (SSSR count). The summed E-state index contributed by atoms with van der Waals surface area (Å²) in [6.07, 6.45) is 8.12. The minimum atomic E-state index is -1.05. The Balaban J connectivity index is 2.20. The molecule has 8 nitrogen and oxygen atoms in total. The van der Waals surface area contributed by atoms with Crippen molar-refractivity contribution in [2.45, 2.75) is 95.5 Å². The molecule has 0 radical (unpaired) electrons. The molecule has 1 saturated heterocycles. The molecule has 4 atom stereocenters. The van der Waals surface area contributed by atoms with Crippen molar-refractivity contribution in [1.82, 2.24) is 0 Å². The normalized spacial score (nSPS) is 22.3. The maximum absolute atomic E-state index is 11.9. The molecule has 0 spiro atoms. The van der Waals surface area contributed by atoms with Gasteiger partial charge in [-0.2, -0.15) is 0 Å². The first kappa shape index (κ1) is 27.3. The standard InChI is InChI=1S/C22H42O8/c1-2-3-4-5-6-7-8-9-10-11-20(26)29-16-18(25)21-22(28-15-13-24)19(17-30-21)27-14-12-23/h18-19,21-25H,2-17H2,1H3. The lowest BCUT2D eigenvalue weighted by Crippen LogP contribution is -2.44. The molecule has 1 aliphatic rings. The molecule has 0 aromatic heterocycles. The van der Waals surface area contributed by atoms with Gasteiger partial charge in [-0.25, -0.2) is 0 Å². The van der Waals surface area contributed by atoms with E-state index in [1.165, 1.54) is 38.5 Å². The monoisotopic (exact) mass is 434 g/mol. The predicted molar refractivity (Wildman–Crippen MR) is 112 cm³/mol. The van der Waals surface area contributed by atoms with Crippen molar-refractivity contribution < 1.29 is 39.1 Å². The van der Waals surface area contributed by atoms with Crippen molar-refractivity contribution in [2.24, 2.45) is 0 Å². The molecular formula is C22H42O8. The second-order valence-electron chi connectivity index (χ2n) is 7.82. The first-order valence-corrected chi connectivity index (χ1v) is 11.5. The Morgan fingerprint density at radius 2 is 1.57 bits per heavy atom. The number of carbonyl (C=O) groups is 1. The molecule has 0 aromatic rings. The van der Waals surface area contributed by atoms with Crippen LogP contribution in [0.15, 0.2) is 0 Å². The van der Waals surface area contributed by atoms with Crippen LogP contribution in [0.3, 0.4) is 0 Å². The van der Waals surface area contributed by atoms with Crippen molar-refractivity contribution in [3.63, 3.8) is 0 Å². The summed E-state index contributed by atoms with van der Waals surface area (Å²) in [6.45, 7) is 2.15. The van der Waals surface area contributed by atoms with Crippen LogP contribution in [0.5, 0.6) is 0 Å². The van der Waals surface area contributed by atoms with Gasteiger partial charge in [-0.05, 0) is 6.42 Å². The minimum absolute atomic E-state index is 0.0780. The molecule has 1 fully saturated rings. The van der Waals surface area contributed by atoms with E-state index < -0.39 is 24.4 Å². The van der Waals surface area contributed by atoms with Crippen LogP contribution in [-0.2, 0) is 23.7 Å². The second kappa shape index (κ2) is 17.9. The van der Waals surface area contributed by atoms with Gasteiger partial charge in [0.2, 0.25) is 0 Å². The van der Waals surface area contributed by atoms with Gasteiger partial charge in [0.15, 0.2) is 0 Å². The van der Waals surface area contributed by atoms with Gasteiger partial charge in [-0.3, -0.25) is 4.79 Å². The zero-order valence-electron chi connectivity index (χ0n) is 18.5. The topological polar surface area (TPSA) is 115 Å². The summed E-state index contributed by atoms with van der Waals surface area (Å²) in [5.41, 5.74) is 0. The molecule has 1 aliphatic heterocycles. The molecule has 0 amide bonds. The number of carbonyl (C=O) groups excluding carboxylic acids is 1. The zero-order chi connectivity index (χ0) is 22.0. The molecule has 0 aromatic carbocycles. The van der Waals surface area contributed by atoms with Crippen LogP contribution in [0, 0.1) is 0 Å². The first-order chi connectivity index (χ1) is 14.6. The van der Waals surface area contributed by atoms with Crippen LogP contribution >= 0.6 is 0 Å². The van der Waals surface area contributed by atoms with E-state index in [2.05, 4.69) is 6.92 Å². The highest BCUT2D eigenvalue weighted by Gasteiger charge is 2.43. The summed E-state index contributed by atoms with van der Waals surface area (Å²) >= 11 is 0. The Kier molecular flexibility index (Phi) is 16.2. The molecule has 0 saturated carbocycles. The van der Waals surface area contributed by atoms with Crippen LogP contribution in [0.25, 0.3) is 0 Å². The van der Waals surface area contributed by atoms with Crippen LogP contribution in [0.4, 0.5) is 0 Å². The Labute approximate surface area is 180 Å². The third-order valence-electron chi connectivity index (χ3n) is 5.25. The summed E-state index contributed by atoms with van der Waals surface area (Å²) in [7, 11) is 0. The highest BCUT2D eigenvalue weighted by Crippen LogP contribution is 2.24. The summed E-state index contributed by atoms with van der Waals surface area (Å²) in [6, 6.07) is 0. The molecule has 3 N–H and O–H groups in total. The fraction of sp³-hybridized carbons (Fsp3) is 0.955. The van der Waals surface area contributed by atoms with E-state index >= 15 is 0 Å². The molecule has 4 unspecified atom stereocenters. The number of hydrogen-bond acceptors (Lipinski definition) is 8. The first-order valence-electron chi connectivity index (χ1n) is 11.5. The summed E-state index contributed by atoms with van der Waals surface area (Å²) in [5, 5.41) is 28.3. The number of ether oxygens (including phenoxy) is 4. The quantitative estimate of drug-likeness (QED) is 0.209. The van der Waals surface area contributed by atoms with Gasteiger partial charge in [0.1, 0.15) is 31.0 Å². The Hall–Kier alpha value is -0.770. The van der Waals surface area contributed by atoms with Gasteiger partial charge < -0.3 is 34.3 Å². The number of aliphatic hydroxyl groups is 3. The minimum Gasteiger partial charge on any atom is -0.463 e. The number of rotatable bonds is 19. The van der Waals surface area contributed by atoms with Crippen LogP contribution in [0.1, 0.15) is 71.1 Å². The van der Waals surface area contributed by atoms with Crippen LogP contribution in [-0.4, -0.2) is 85.3 Å². The third-order valence-corrected chi connectivity index (χ3v) is 5.25. The lowest BCUT2D eigenvalue weighted by Gasteiger charge is -2.26. The molecule has 0 aliphatic carbocycles. The maximum atomic E-state index is 11.9. The molecule has 178 valence electrons. The van der Waals surface area contributed by atoms with Crippen molar-refractivity contribution in [3.8, 4) is 0 Å². The van der Waals surface area contributed by atoms with Gasteiger partial charge in [0.25, 0.3) is 0 Å². The zero-order valence-corrected chi connectivity index (χ0v) is 18.5. The number of esters is 1. The van der Waals surface area contributed by atoms with Gasteiger partial charge in [0.05, 0.1) is 33.0 Å². The van der Waals surface area contributed by atoms with Gasteiger partial charge in [0, 0.05) is 6.42 Å². The number of hydrogen-bond donors (Lipinski definition) is 3. The average Bonchev–Trinajstić information content (AvgIpc) is 3.16. The summed E-state index contributed by atoms with van der Waals surface area (Å²) < 4.78 is 21.8. The Morgan fingerprint density at radius 1 is 0.967 bits per heavy atom. The SMILES string of the molecule is CCCCCCCCCCCC(=O)OCC(O)C1OCC(OCCO)C1OCCO. The Bertz CT molecular complexity index is 420. The second-order valence-corrected chi connectivity index (χ2v) is 7.82. The van der Waals surface area contributed by atoms with E-state index in [4.69, 9.17) is 29.2 Å². The average molecular weight is 435 g/mol. The van der Waals surface area contributed by atoms with Gasteiger partial charge in [-0.1, -0.05) is 58.3 Å². The fourth-order valence-electron chi connectivity index (χ4n) is 3.60. The number of aliphatic hydroxyl groups excluding tert-OH is 3. The van der Waals surface area contributed by atoms with Crippen LogP contribution < -0.4 is 0 Å². The molecule has 1 heterocycles. The maximum Gasteiger partial charge on any atom is 0.305 e. The van der Waals surface area contributed by atoms with E-state index in [9.17, 15) is 9.90 Å². The van der Waals surface area contributed by atoms with E-state index in [0.717, 1.165) is 19.3 Å². The Morgan fingerprint density at radius 3 is 2.20 bits per heavy atom. The third kappa shape index (κ3) is 11.6. The van der Waals surface area contributed by atoms with Gasteiger partial charge in [-0.15, -0.1) is 0 Å². The molecular weight excluding hydrogens is 392 g/mol. The van der Waals surface area contributed by atoms with Crippen molar-refractivity contribution >= 4 is 5.97 Å². The lowest BCUT2D eigenvalue weighted by atomic mass is 10.1. The lowest BCUT2D eigenvalue weighted by molar-refractivity contribution is -0.153. The molecule has 30 heavy (non-hydrogen) atoms. The van der Waals surface area contributed by atoms with Crippen LogP contribution in [0.2, 0.25) is 0 Å². The van der Waals surface area contributed by atoms with Gasteiger partial charge >= 0.3 is 5.97 Å². The van der Waals surface area contributed by atoms with Crippen molar-refractivity contribution in [2.75, 3.05) is 39.6 Å². The predicted octanol–water partition coefficient (Wildman–Crippen LogP) is 1.97.